The third-order valence-corrected chi connectivity index (χ3v) is 2.98. The molecule has 78 valence electrons. The minimum atomic E-state index is -0.523. The second-order valence-electron chi connectivity index (χ2n) is 4.16. The van der Waals surface area contributed by atoms with Gasteiger partial charge in [-0.2, -0.15) is 0 Å². The maximum atomic E-state index is 5.77. The predicted molar refractivity (Wildman–Crippen MR) is 56.7 cm³/mol. The van der Waals surface area contributed by atoms with Crippen molar-refractivity contribution in [1.29, 1.82) is 0 Å². The van der Waals surface area contributed by atoms with Gasteiger partial charge in [0.2, 0.25) is 5.79 Å². The third kappa shape index (κ3) is 1.20. The average Bonchev–Trinajstić information content (AvgIpc) is 2.44. The van der Waals surface area contributed by atoms with Crippen molar-refractivity contribution in [3.05, 3.63) is 35.9 Å². The normalized spacial score (nSPS) is 37.6. The minimum Gasteiger partial charge on any atom is -0.448 e. The van der Waals surface area contributed by atoms with Gasteiger partial charge in [0.05, 0.1) is 0 Å². The van der Waals surface area contributed by atoms with Crippen LogP contribution in [0.5, 0.6) is 0 Å². The Morgan fingerprint density at radius 3 is 2.67 bits per heavy atom. The van der Waals surface area contributed by atoms with Gasteiger partial charge < -0.3 is 9.47 Å². The van der Waals surface area contributed by atoms with Crippen molar-refractivity contribution in [2.45, 2.75) is 31.8 Å². The molecule has 2 heterocycles. The Kier molecular flexibility index (Phi) is 1.68. The summed E-state index contributed by atoms with van der Waals surface area (Å²) in [7, 11) is 0. The second-order valence-corrected chi connectivity index (χ2v) is 4.16. The van der Waals surface area contributed by atoms with Gasteiger partial charge in [0.15, 0.2) is 5.90 Å². The third-order valence-electron chi connectivity index (χ3n) is 2.98. The molecule has 0 saturated carbocycles. The van der Waals surface area contributed by atoms with Gasteiger partial charge in [-0.15, -0.1) is 0 Å². The Balaban J connectivity index is 1.88. The first-order valence-corrected chi connectivity index (χ1v) is 5.15. The summed E-state index contributed by atoms with van der Waals surface area (Å²) in [5, 5.41) is 0. The van der Waals surface area contributed by atoms with Crippen LogP contribution in [0.25, 0.3) is 0 Å². The molecule has 1 aromatic carbocycles. The molecule has 0 N–H and O–H groups in total. The lowest BCUT2D eigenvalue weighted by molar-refractivity contribution is -0.305. The molecule has 3 rings (SSSR count). The highest BCUT2D eigenvalue weighted by Crippen LogP contribution is 2.49. The van der Waals surface area contributed by atoms with Gasteiger partial charge in [0, 0.05) is 13.8 Å². The van der Waals surface area contributed by atoms with Crippen LogP contribution in [0.4, 0.5) is 0 Å². The summed E-state index contributed by atoms with van der Waals surface area (Å²) in [6.07, 6.45) is 0.0497. The molecule has 0 aliphatic carbocycles. The molecule has 15 heavy (non-hydrogen) atoms. The van der Waals surface area contributed by atoms with Crippen LogP contribution in [0.3, 0.4) is 0 Å². The highest BCUT2D eigenvalue weighted by atomic mass is 16.7. The second kappa shape index (κ2) is 2.83. The Labute approximate surface area is 88.7 Å². The van der Waals surface area contributed by atoms with Crippen molar-refractivity contribution < 1.29 is 9.47 Å². The molecule has 1 aromatic rings. The Bertz CT molecular complexity index is 415. The van der Waals surface area contributed by atoms with E-state index >= 15 is 0 Å². The number of hydrogen-bond donors (Lipinski definition) is 0. The zero-order valence-corrected chi connectivity index (χ0v) is 8.81. The molecule has 0 spiro atoms. The maximum Gasteiger partial charge on any atom is 0.235 e. The van der Waals surface area contributed by atoms with Crippen LogP contribution in [0, 0.1) is 0 Å². The molecule has 0 bridgehead atoms. The first-order valence-electron chi connectivity index (χ1n) is 5.15. The fourth-order valence-electron chi connectivity index (χ4n) is 2.27. The molecule has 3 atom stereocenters. The topological polar surface area (TPSA) is 30.8 Å². The first kappa shape index (κ1) is 8.92. The molecule has 1 saturated heterocycles. The Morgan fingerprint density at radius 1 is 1.27 bits per heavy atom. The molecule has 0 unspecified atom stereocenters. The highest BCUT2D eigenvalue weighted by Gasteiger charge is 2.58. The Morgan fingerprint density at radius 2 is 2.00 bits per heavy atom. The van der Waals surface area contributed by atoms with Gasteiger partial charge in [0.25, 0.3) is 0 Å². The van der Waals surface area contributed by atoms with Gasteiger partial charge in [-0.3, -0.25) is 0 Å². The lowest BCUT2D eigenvalue weighted by atomic mass is 9.90. The zero-order valence-electron chi connectivity index (χ0n) is 8.81. The summed E-state index contributed by atoms with van der Waals surface area (Å²) in [6, 6.07) is 10.3. The lowest BCUT2D eigenvalue weighted by Gasteiger charge is -2.45. The summed E-state index contributed by atoms with van der Waals surface area (Å²) in [5.41, 5.74) is 1.17. The van der Waals surface area contributed by atoms with E-state index in [-0.39, 0.29) is 12.1 Å². The molecular formula is C12H13NO2. The fourth-order valence-corrected chi connectivity index (χ4v) is 2.27. The molecule has 0 aromatic heterocycles. The minimum absolute atomic E-state index is 0.0497. The fraction of sp³-hybridized carbons (Fsp3) is 0.417. The van der Waals surface area contributed by atoms with Crippen LogP contribution in [0.1, 0.15) is 25.5 Å². The van der Waals surface area contributed by atoms with Gasteiger partial charge in [-0.25, -0.2) is 4.99 Å². The standard InChI is InChI=1S/C12H13NO2/c1-8-13-11-10(15-12(11,2)14-8)9-6-4-3-5-7-9/h3-7,10-11H,1-2H3/t10-,11-,12+/m1/s1. The lowest BCUT2D eigenvalue weighted by Crippen LogP contribution is -2.55. The molecule has 2 aliphatic rings. The largest absolute Gasteiger partial charge is 0.448 e. The van der Waals surface area contributed by atoms with Crippen molar-refractivity contribution in [2.24, 2.45) is 4.99 Å². The molecule has 3 nitrogen and oxygen atoms in total. The zero-order chi connectivity index (χ0) is 10.5. The van der Waals surface area contributed by atoms with Gasteiger partial charge in [-0.05, 0) is 5.56 Å². The van der Waals surface area contributed by atoms with Crippen LogP contribution in [0.2, 0.25) is 0 Å². The van der Waals surface area contributed by atoms with E-state index in [2.05, 4.69) is 17.1 Å². The number of fused-ring (bicyclic) bond motifs is 1. The number of aliphatic imine (C=N–C) groups is 1. The molecular weight excluding hydrogens is 190 g/mol. The Hall–Kier alpha value is -1.35. The number of rotatable bonds is 1. The van der Waals surface area contributed by atoms with Crippen molar-refractivity contribution in [3.63, 3.8) is 0 Å². The van der Waals surface area contributed by atoms with Crippen molar-refractivity contribution in [2.75, 3.05) is 0 Å². The molecule has 3 heteroatoms. The first-order chi connectivity index (χ1) is 7.19. The number of nitrogens with zero attached hydrogens (tertiary/aromatic N) is 1. The monoisotopic (exact) mass is 203 g/mol. The van der Waals surface area contributed by atoms with Crippen LogP contribution >= 0.6 is 0 Å². The molecule has 0 radical (unpaired) electrons. The van der Waals surface area contributed by atoms with Gasteiger partial charge in [0.1, 0.15) is 12.1 Å². The smallest absolute Gasteiger partial charge is 0.235 e. The van der Waals surface area contributed by atoms with E-state index < -0.39 is 5.79 Å². The molecule has 2 aliphatic heterocycles. The number of hydrogen-bond acceptors (Lipinski definition) is 3. The van der Waals surface area contributed by atoms with Crippen molar-refractivity contribution in [3.8, 4) is 0 Å². The number of benzene rings is 1. The number of ether oxygens (including phenoxy) is 2. The van der Waals surface area contributed by atoms with E-state index in [1.54, 1.807) is 0 Å². The summed E-state index contributed by atoms with van der Waals surface area (Å²) in [6.45, 7) is 3.81. The van der Waals surface area contributed by atoms with E-state index in [0.29, 0.717) is 0 Å². The molecule has 1 fully saturated rings. The van der Waals surface area contributed by atoms with Crippen LogP contribution < -0.4 is 0 Å². The summed E-state index contributed by atoms with van der Waals surface area (Å²) >= 11 is 0. The van der Waals surface area contributed by atoms with Gasteiger partial charge >= 0.3 is 0 Å². The van der Waals surface area contributed by atoms with E-state index in [1.807, 2.05) is 32.0 Å². The highest BCUT2D eigenvalue weighted by molar-refractivity contribution is 5.76. The summed E-state index contributed by atoms with van der Waals surface area (Å²) in [5.74, 6) is 0.200. The maximum absolute atomic E-state index is 5.77. The summed E-state index contributed by atoms with van der Waals surface area (Å²) in [4.78, 5) is 4.46. The average molecular weight is 203 g/mol. The van der Waals surface area contributed by atoms with Gasteiger partial charge in [-0.1, -0.05) is 30.3 Å². The molecule has 0 amide bonds. The van der Waals surface area contributed by atoms with Crippen LogP contribution in [0.15, 0.2) is 35.3 Å². The van der Waals surface area contributed by atoms with E-state index in [0.717, 1.165) is 5.90 Å². The van der Waals surface area contributed by atoms with E-state index in [1.165, 1.54) is 5.56 Å². The predicted octanol–water partition coefficient (Wildman–Crippen LogP) is 2.29. The van der Waals surface area contributed by atoms with Crippen LogP contribution in [-0.4, -0.2) is 17.7 Å². The van der Waals surface area contributed by atoms with Crippen molar-refractivity contribution in [1.82, 2.24) is 0 Å². The van der Waals surface area contributed by atoms with E-state index in [9.17, 15) is 0 Å². The van der Waals surface area contributed by atoms with Crippen LogP contribution in [-0.2, 0) is 9.47 Å². The van der Waals surface area contributed by atoms with E-state index in [4.69, 9.17) is 9.47 Å². The SMILES string of the molecule is CC1=N[C@@H]2[C@@H](c3ccccc3)O[C@]2(C)O1. The summed E-state index contributed by atoms with van der Waals surface area (Å²) < 4.78 is 11.3. The quantitative estimate of drug-likeness (QED) is 0.701. The van der Waals surface area contributed by atoms with Crippen molar-refractivity contribution >= 4 is 5.90 Å².